The van der Waals surface area contributed by atoms with Gasteiger partial charge in [-0.05, 0) is 19.9 Å². The van der Waals surface area contributed by atoms with Crippen LogP contribution in [0.25, 0.3) is 0 Å². The molecule has 1 heterocycles. The molecule has 0 aromatic carbocycles. The lowest BCUT2D eigenvalue weighted by molar-refractivity contribution is -0.143. The van der Waals surface area contributed by atoms with E-state index in [2.05, 4.69) is 10.6 Å². The summed E-state index contributed by atoms with van der Waals surface area (Å²) >= 11 is 0. The van der Waals surface area contributed by atoms with Crippen molar-refractivity contribution in [3.8, 4) is 0 Å². The van der Waals surface area contributed by atoms with Gasteiger partial charge in [-0.25, -0.2) is 4.79 Å². The van der Waals surface area contributed by atoms with E-state index in [0.29, 0.717) is 0 Å². The van der Waals surface area contributed by atoms with Gasteiger partial charge in [-0.2, -0.15) is 0 Å². The molecule has 1 rings (SSSR count). The second-order valence-corrected chi connectivity index (χ2v) is 4.05. The number of aliphatic hydroxyl groups is 1. The molecule has 1 aliphatic rings. The molecule has 4 N–H and O–H groups in total. The molecule has 92 valence electrons. The van der Waals surface area contributed by atoms with Crippen molar-refractivity contribution in [1.82, 2.24) is 10.6 Å². The molecule has 1 amide bonds. The van der Waals surface area contributed by atoms with E-state index >= 15 is 0 Å². The molecule has 6 nitrogen and oxygen atoms in total. The Bertz CT molecular complexity index is 270. The number of amides is 1. The maximum atomic E-state index is 11.7. The van der Waals surface area contributed by atoms with E-state index < -0.39 is 12.0 Å². The summed E-state index contributed by atoms with van der Waals surface area (Å²) in [7, 11) is 0. The van der Waals surface area contributed by atoms with E-state index in [9.17, 15) is 9.59 Å². The zero-order valence-corrected chi connectivity index (χ0v) is 9.27. The lowest BCUT2D eigenvalue weighted by Crippen LogP contribution is -2.46. The summed E-state index contributed by atoms with van der Waals surface area (Å²) < 4.78 is 0. The normalized spacial score (nSPS) is 26.4. The second-order valence-electron chi connectivity index (χ2n) is 4.05. The largest absolute Gasteiger partial charge is 0.480 e. The van der Waals surface area contributed by atoms with Gasteiger partial charge < -0.3 is 20.8 Å². The van der Waals surface area contributed by atoms with Crippen LogP contribution < -0.4 is 10.6 Å². The summed E-state index contributed by atoms with van der Waals surface area (Å²) in [6.07, 6.45) is 0.758. The summed E-state index contributed by atoms with van der Waals surface area (Å²) in [6.45, 7) is 2.42. The maximum Gasteiger partial charge on any atom is 0.326 e. The van der Waals surface area contributed by atoms with E-state index in [0.717, 1.165) is 13.0 Å². The highest BCUT2D eigenvalue weighted by atomic mass is 16.4. The molecule has 0 aromatic heterocycles. The number of hydrogen-bond donors (Lipinski definition) is 4. The molecule has 2 unspecified atom stereocenters. The van der Waals surface area contributed by atoms with Gasteiger partial charge in [0.25, 0.3) is 0 Å². The summed E-state index contributed by atoms with van der Waals surface area (Å²) in [6, 6.07) is -0.922. The highest BCUT2D eigenvalue weighted by Gasteiger charge is 2.31. The third-order valence-corrected chi connectivity index (χ3v) is 2.89. The van der Waals surface area contributed by atoms with Crippen molar-refractivity contribution in [2.75, 3.05) is 13.2 Å². The summed E-state index contributed by atoms with van der Waals surface area (Å²) in [5.74, 6) is -1.54. The summed E-state index contributed by atoms with van der Waals surface area (Å²) in [5, 5.41) is 23.1. The van der Waals surface area contributed by atoms with Crippen molar-refractivity contribution < 1.29 is 19.8 Å². The molecule has 3 atom stereocenters. The van der Waals surface area contributed by atoms with Gasteiger partial charge in [-0.15, -0.1) is 0 Å². The van der Waals surface area contributed by atoms with Gasteiger partial charge in [0.2, 0.25) is 5.91 Å². The van der Waals surface area contributed by atoms with E-state index in [1.165, 1.54) is 0 Å². The lowest BCUT2D eigenvalue weighted by Gasteiger charge is -2.18. The smallest absolute Gasteiger partial charge is 0.326 e. The average Bonchev–Trinajstić information content (AvgIpc) is 2.63. The van der Waals surface area contributed by atoms with Crippen molar-refractivity contribution in [1.29, 1.82) is 0 Å². The minimum Gasteiger partial charge on any atom is -0.480 e. The fourth-order valence-corrected chi connectivity index (χ4v) is 1.88. The van der Waals surface area contributed by atoms with E-state index in [1.807, 2.05) is 6.92 Å². The number of aliphatic hydroxyl groups excluding tert-OH is 1. The molecule has 1 saturated heterocycles. The van der Waals surface area contributed by atoms with Crippen molar-refractivity contribution in [3.63, 3.8) is 0 Å². The third kappa shape index (κ3) is 3.18. The van der Waals surface area contributed by atoms with Crippen LogP contribution in [0.3, 0.4) is 0 Å². The minimum absolute atomic E-state index is 0.0373. The molecule has 0 bridgehead atoms. The molecular formula is C10H18N2O4. The number of aliphatic carboxylic acids is 1. The van der Waals surface area contributed by atoms with Crippen molar-refractivity contribution in [2.45, 2.75) is 31.8 Å². The van der Waals surface area contributed by atoms with Gasteiger partial charge >= 0.3 is 5.97 Å². The number of carbonyl (C=O) groups excluding carboxylic acids is 1. The minimum atomic E-state index is -1.11. The number of rotatable bonds is 5. The van der Waals surface area contributed by atoms with Gasteiger partial charge in [0, 0.05) is 19.1 Å². The highest BCUT2D eigenvalue weighted by molar-refractivity contribution is 5.85. The third-order valence-electron chi connectivity index (χ3n) is 2.89. The summed E-state index contributed by atoms with van der Waals surface area (Å²) in [4.78, 5) is 22.5. The van der Waals surface area contributed by atoms with Crippen LogP contribution in [0.15, 0.2) is 0 Å². The Balaban J connectivity index is 2.50. The Kier molecular flexibility index (Phi) is 4.70. The fourth-order valence-electron chi connectivity index (χ4n) is 1.88. The zero-order valence-electron chi connectivity index (χ0n) is 9.27. The topological polar surface area (TPSA) is 98.7 Å². The SMILES string of the molecule is CC1NCCC1C(=O)N[C@H](CCO)C(=O)O. The Hall–Kier alpha value is -1.14. The molecule has 1 fully saturated rings. The van der Waals surface area contributed by atoms with Crippen LogP contribution in [0, 0.1) is 5.92 Å². The first-order chi connectivity index (χ1) is 7.56. The quantitative estimate of drug-likeness (QED) is 0.482. The van der Waals surface area contributed by atoms with Crippen LogP contribution in [-0.4, -0.2) is 47.3 Å². The van der Waals surface area contributed by atoms with Crippen LogP contribution in [0.2, 0.25) is 0 Å². The first-order valence-corrected chi connectivity index (χ1v) is 5.43. The number of carboxylic acid groups (broad SMARTS) is 1. The van der Waals surface area contributed by atoms with Crippen LogP contribution in [0.5, 0.6) is 0 Å². The van der Waals surface area contributed by atoms with Gasteiger partial charge in [0.15, 0.2) is 0 Å². The monoisotopic (exact) mass is 230 g/mol. The van der Waals surface area contributed by atoms with Crippen molar-refractivity contribution in [3.05, 3.63) is 0 Å². The van der Waals surface area contributed by atoms with E-state index in [4.69, 9.17) is 10.2 Å². The van der Waals surface area contributed by atoms with Crippen LogP contribution in [-0.2, 0) is 9.59 Å². The first kappa shape index (κ1) is 12.9. The predicted molar refractivity (Wildman–Crippen MR) is 56.8 cm³/mol. The number of hydrogen-bond acceptors (Lipinski definition) is 4. The molecule has 0 spiro atoms. The van der Waals surface area contributed by atoms with Gasteiger partial charge in [-0.1, -0.05) is 0 Å². The first-order valence-electron chi connectivity index (χ1n) is 5.43. The standard InChI is InChI=1S/C10H18N2O4/c1-6-7(2-4-11-6)9(14)12-8(3-5-13)10(15)16/h6-8,11,13H,2-5H2,1H3,(H,12,14)(H,15,16)/t6?,7?,8-/m1/s1. The molecule has 6 heteroatoms. The molecule has 16 heavy (non-hydrogen) atoms. The Morgan fingerprint density at radius 3 is 2.69 bits per heavy atom. The highest BCUT2D eigenvalue weighted by Crippen LogP contribution is 2.15. The van der Waals surface area contributed by atoms with Gasteiger partial charge in [-0.3, -0.25) is 4.79 Å². The average molecular weight is 230 g/mol. The van der Waals surface area contributed by atoms with Crippen molar-refractivity contribution in [2.24, 2.45) is 5.92 Å². The van der Waals surface area contributed by atoms with Crippen LogP contribution in [0.4, 0.5) is 0 Å². The van der Waals surface area contributed by atoms with Crippen LogP contribution >= 0.6 is 0 Å². The zero-order chi connectivity index (χ0) is 12.1. The second kappa shape index (κ2) is 5.81. The fraction of sp³-hybridized carbons (Fsp3) is 0.800. The molecule has 0 aromatic rings. The Morgan fingerprint density at radius 1 is 1.56 bits per heavy atom. The molecule has 1 aliphatic heterocycles. The summed E-state index contributed by atoms with van der Waals surface area (Å²) in [5.41, 5.74) is 0. The maximum absolute atomic E-state index is 11.7. The molecule has 0 radical (unpaired) electrons. The molecular weight excluding hydrogens is 212 g/mol. The van der Waals surface area contributed by atoms with E-state index in [1.54, 1.807) is 0 Å². The van der Waals surface area contributed by atoms with Crippen LogP contribution in [0.1, 0.15) is 19.8 Å². The van der Waals surface area contributed by atoms with Crippen molar-refractivity contribution >= 4 is 11.9 Å². The Labute approximate surface area is 94.0 Å². The van der Waals surface area contributed by atoms with Gasteiger partial charge in [0.1, 0.15) is 6.04 Å². The number of nitrogens with one attached hydrogen (secondary N) is 2. The number of carboxylic acids is 1. The predicted octanol–water partition coefficient (Wildman–Crippen LogP) is -1.06. The molecule has 0 aliphatic carbocycles. The van der Waals surface area contributed by atoms with Gasteiger partial charge in [0.05, 0.1) is 5.92 Å². The number of carbonyl (C=O) groups is 2. The van der Waals surface area contributed by atoms with E-state index in [-0.39, 0.29) is 30.9 Å². The lowest BCUT2D eigenvalue weighted by atomic mass is 10.0. The molecule has 0 saturated carbocycles. The Morgan fingerprint density at radius 2 is 2.25 bits per heavy atom.